The number of benzene rings is 1. The van der Waals surface area contributed by atoms with Crippen molar-refractivity contribution in [3.8, 4) is 0 Å². The van der Waals surface area contributed by atoms with E-state index in [4.69, 9.17) is 4.74 Å². The van der Waals surface area contributed by atoms with E-state index in [2.05, 4.69) is 54.0 Å². The van der Waals surface area contributed by atoms with Crippen LogP contribution in [0.2, 0.25) is 0 Å². The molecule has 2 aliphatic heterocycles. The first-order valence-electron chi connectivity index (χ1n) is 15.2. The number of hydrogen-bond donors (Lipinski definition) is 0. The molecule has 3 heterocycles. The normalized spacial score (nSPS) is 24.1. The third-order valence-corrected chi connectivity index (χ3v) is 8.74. The van der Waals surface area contributed by atoms with Crippen molar-refractivity contribution in [3.05, 3.63) is 71.0 Å². The van der Waals surface area contributed by atoms with Crippen LogP contribution >= 0.6 is 0 Å². The van der Waals surface area contributed by atoms with Crippen LogP contribution < -0.4 is 0 Å². The molecular formula is C34H45N3O3. The summed E-state index contributed by atoms with van der Waals surface area (Å²) in [5, 5.41) is 1.24. The van der Waals surface area contributed by atoms with E-state index in [1.54, 1.807) is 19.0 Å². The molecular weight excluding hydrogens is 498 g/mol. The molecule has 2 amide bonds. The fourth-order valence-electron chi connectivity index (χ4n) is 6.64. The SMILES string of the molecule is CC1/C=C\CC/C=C\C/C=C(/C(=O)N2CCOCC2)Cn2c1c(C1CCCCC1)c1ccc(C(=O)N(C)C)cc12. The fourth-order valence-corrected chi connectivity index (χ4v) is 6.64. The van der Waals surface area contributed by atoms with Gasteiger partial charge in [-0.25, -0.2) is 0 Å². The van der Waals surface area contributed by atoms with Crippen LogP contribution in [0.4, 0.5) is 0 Å². The summed E-state index contributed by atoms with van der Waals surface area (Å²) in [7, 11) is 3.60. The number of hydrogen-bond acceptors (Lipinski definition) is 3. The number of amides is 2. The summed E-state index contributed by atoms with van der Waals surface area (Å²) in [6.07, 6.45) is 20.1. The van der Waals surface area contributed by atoms with Crippen LogP contribution in [0.25, 0.3) is 10.9 Å². The van der Waals surface area contributed by atoms with E-state index >= 15 is 0 Å². The first-order valence-corrected chi connectivity index (χ1v) is 15.2. The zero-order chi connectivity index (χ0) is 28.1. The van der Waals surface area contributed by atoms with Gasteiger partial charge in [0.2, 0.25) is 0 Å². The Morgan fingerprint density at radius 2 is 1.73 bits per heavy atom. The molecule has 214 valence electrons. The summed E-state index contributed by atoms with van der Waals surface area (Å²) in [4.78, 5) is 30.6. The molecule has 6 nitrogen and oxygen atoms in total. The minimum atomic E-state index is -0.000418. The molecule has 0 spiro atoms. The summed E-state index contributed by atoms with van der Waals surface area (Å²) in [6, 6.07) is 6.23. The van der Waals surface area contributed by atoms with E-state index in [0.717, 1.165) is 30.4 Å². The molecule has 1 atom stereocenters. The monoisotopic (exact) mass is 543 g/mol. The molecule has 1 saturated carbocycles. The van der Waals surface area contributed by atoms with Crippen LogP contribution in [0.5, 0.6) is 0 Å². The number of rotatable bonds is 3. The largest absolute Gasteiger partial charge is 0.378 e. The summed E-state index contributed by atoms with van der Waals surface area (Å²) in [5.41, 5.74) is 5.31. The van der Waals surface area contributed by atoms with Crippen LogP contribution in [-0.2, 0) is 16.1 Å². The maximum Gasteiger partial charge on any atom is 0.253 e. The smallest absolute Gasteiger partial charge is 0.253 e. The van der Waals surface area contributed by atoms with Gasteiger partial charge >= 0.3 is 0 Å². The zero-order valence-corrected chi connectivity index (χ0v) is 24.5. The van der Waals surface area contributed by atoms with E-state index in [0.29, 0.717) is 44.3 Å². The van der Waals surface area contributed by atoms with Crippen molar-refractivity contribution >= 4 is 22.7 Å². The Morgan fingerprint density at radius 3 is 2.48 bits per heavy atom. The average Bonchev–Trinajstić information content (AvgIpc) is 3.31. The van der Waals surface area contributed by atoms with E-state index in [1.165, 1.54) is 48.7 Å². The van der Waals surface area contributed by atoms with Gasteiger partial charge in [0.1, 0.15) is 0 Å². The van der Waals surface area contributed by atoms with E-state index < -0.39 is 0 Å². The molecule has 1 aromatic carbocycles. The Bertz CT molecular complexity index is 1300. The molecule has 3 aliphatic rings. The van der Waals surface area contributed by atoms with Gasteiger partial charge < -0.3 is 19.1 Å². The molecule has 1 saturated heterocycles. The molecule has 0 N–H and O–H groups in total. The maximum atomic E-state index is 13.9. The number of carbonyl (C=O) groups excluding carboxylic acids is 2. The second-order valence-corrected chi connectivity index (χ2v) is 11.8. The number of carbonyl (C=O) groups is 2. The summed E-state index contributed by atoms with van der Waals surface area (Å²) in [5.74, 6) is 0.794. The minimum absolute atomic E-state index is 0.000418. The first-order chi connectivity index (χ1) is 19.5. The second kappa shape index (κ2) is 13.0. The van der Waals surface area contributed by atoms with E-state index in [-0.39, 0.29) is 17.7 Å². The van der Waals surface area contributed by atoms with Gasteiger partial charge in [-0.2, -0.15) is 0 Å². The highest BCUT2D eigenvalue weighted by Crippen LogP contribution is 2.43. The van der Waals surface area contributed by atoms with Crippen molar-refractivity contribution in [2.24, 2.45) is 0 Å². The van der Waals surface area contributed by atoms with Crippen molar-refractivity contribution < 1.29 is 14.3 Å². The lowest BCUT2D eigenvalue weighted by atomic mass is 9.81. The van der Waals surface area contributed by atoms with Gasteiger partial charge in [0, 0.05) is 60.8 Å². The van der Waals surface area contributed by atoms with E-state index in [1.807, 2.05) is 11.0 Å². The highest BCUT2D eigenvalue weighted by Gasteiger charge is 2.30. The molecule has 2 aromatic rings. The van der Waals surface area contributed by atoms with Crippen molar-refractivity contribution in [2.45, 2.75) is 76.7 Å². The van der Waals surface area contributed by atoms with Crippen molar-refractivity contribution in [2.75, 3.05) is 40.4 Å². The Balaban J connectivity index is 1.71. The lowest BCUT2D eigenvalue weighted by Gasteiger charge is -2.29. The molecule has 40 heavy (non-hydrogen) atoms. The molecule has 5 rings (SSSR count). The van der Waals surface area contributed by atoms with Gasteiger partial charge in [-0.3, -0.25) is 9.59 Å². The average molecular weight is 544 g/mol. The van der Waals surface area contributed by atoms with Crippen LogP contribution in [-0.4, -0.2) is 66.6 Å². The van der Waals surface area contributed by atoms with Crippen molar-refractivity contribution in [1.29, 1.82) is 0 Å². The van der Waals surface area contributed by atoms with E-state index in [9.17, 15) is 9.59 Å². The van der Waals surface area contributed by atoms with Gasteiger partial charge in [-0.15, -0.1) is 0 Å². The first kappa shape index (κ1) is 28.4. The molecule has 1 aliphatic carbocycles. The standard InChI is InChI=1S/C34H45N3O3/c1-25-13-9-6-4-5-7-10-16-28(34(39)36-19-21-40-22-20-36)24-37-30-23-27(33(38)35(2)3)17-18-29(30)31(32(25)37)26-14-11-8-12-15-26/h5,7,9,13,16-18,23,25-26H,4,6,8,10-12,14-15,19-22,24H2,1-3H3/b7-5-,13-9-,28-16+. The number of allylic oxidation sites excluding steroid dienone is 5. The topological polar surface area (TPSA) is 54.8 Å². The number of ether oxygens (including phenoxy) is 1. The highest BCUT2D eigenvalue weighted by atomic mass is 16.5. The van der Waals surface area contributed by atoms with Crippen LogP contribution in [0.3, 0.4) is 0 Å². The van der Waals surface area contributed by atoms with Gasteiger partial charge in [0.25, 0.3) is 11.8 Å². The number of fused-ring (bicyclic) bond motifs is 3. The Kier molecular flexibility index (Phi) is 9.25. The third kappa shape index (κ3) is 6.12. The van der Waals surface area contributed by atoms with Crippen molar-refractivity contribution in [1.82, 2.24) is 14.4 Å². The number of nitrogens with zero attached hydrogens (tertiary/aromatic N) is 3. The summed E-state index contributed by atoms with van der Waals surface area (Å²) >= 11 is 0. The zero-order valence-electron chi connectivity index (χ0n) is 24.5. The predicted molar refractivity (Wildman–Crippen MR) is 162 cm³/mol. The summed E-state index contributed by atoms with van der Waals surface area (Å²) < 4.78 is 7.92. The Morgan fingerprint density at radius 1 is 0.975 bits per heavy atom. The number of morpholine rings is 1. The van der Waals surface area contributed by atoms with Gasteiger partial charge in [0.05, 0.1) is 19.8 Å². The van der Waals surface area contributed by atoms with Crippen LogP contribution in [0, 0.1) is 0 Å². The van der Waals surface area contributed by atoms with Gasteiger partial charge in [-0.1, -0.05) is 62.6 Å². The molecule has 6 heteroatoms. The third-order valence-electron chi connectivity index (χ3n) is 8.74. The van der Waals surface area contributed by atoms with Crippen LogP contribution in [0.1, 0.15) is 91.7 Å². The Labute approximate surface area is 239 Å². The predicted octanol–water partition coefficient (Wildman–Crippen LogP) is 6.58. The van der Waals surface area contributed by atoms with Gasteiger partial charge in [-0.05, 0) is 55.7 Å². The summed E-state index contributed by atoms with van der Waals surface area (Å²) in [6.45, 7) is 5.21. The molecule has 0 bridgehead atoms. The van der Waals surface area contributed by atoms with Gasteiger partial charge in [0.15, 0.2) is 0 Å². The number of aromatic nitrogens is 1. The Hall–Kier alpha value is -3.12. The molecule has 2 fully saturated rings. The molecule has 1 aromatic heterocycles. The lowest BCUT2D eigenvalue weighted by molar-refractivity contribution is -0.131. The fraction of sp³-hybridized carbons (Fsp3) is 0.529. The molecule has 1 unspecified atom stereocenters. The lowest BCUT2D eigenvalue weighted by Crippen LogP contribution is -2.42. The second-order valence-electron chi connectivity index (χ2n) is 11.8. The van der Waals surface area contributed by atoms with Crippen molar-refractivity contribution in [3.63, 3.8) is 0 Å². The highest BCUT2D eigenvalue weighted by molar-refractivity contribution is 5.99. The molecule has 0 radical (unpaired) electrons. The minimum Gasteiger partial charge on any atom is -0.378 e. The quantitative estimate of drug-likeness (QED) is 0.411. The van der Waals surface area contributed by atoms with Crippen LogP contribution in [0.15, 0.2) is 54.2 Å². The maximum absolute atomic E-state index is 13.9.